The van der Waals surface area contributed by atoms with Gasteiger partial charge in [-0.3, -0.25) is 0 Å². The number of aliphatic hydroxyl groups excluding tert-OH is 1. The van der Waals surface area contributed by atoms with E-state index in [2.05, 4.69) is 4.90 Å². The molecule has 0 spiro atoms. The van der Waals surface area contributed by atoms with E-state index in [9.17, 15) is 5.11 Å². The first-order valence-electron chi connectivity index (χ1n) is 5.72. The lowest BCUT2D eigenvalue weighted by molar-refractivity contribution is 0.0814. The molecule has 0 aliphatic carbocycles. The lowest BCUT2D eigenvalue weighted by atomic mass is 10.1. The van der Waals surface area contributed by atoms with E-state index in [-0.39, 0.29) is 6.10 Å². The highest BCUT2D eigenvalue weighted by Gasteiger charge is 2.15. The normalized spacial score (nSPS) is 20.1. The first-order chi connectivity index (χ1) is 6.83. The fourth-order valence-corrected chi connectivity index (χ4v) is 1.90. The molecule has 0 atom stereocenters. The van der Waals surface area contributed by atoms with Gasteiger partial charge in [0.15, 0.2) is 0 Å². The SMILES string of the molecule is COCCCCCN1CCC(O)CC1. The molecular formula is C11H23NO2. The van der Waals surface area contributed by atoms with Gasteiger partial charge in [0.2, 0.25) is 0 Å². The van der Waals surface area contributed by atoms with E-state index in [1.54, 1.807) is 7.11 Å². The molecule has 1 N–H and O–H groups in total. The number of rotatable bonds is 6. The number of aliphatic hydroxyl groups is 1. The van der Waals surface area contributed by atoms with Gasteiger partial charge in [-0.1, -0.05) is 0 Å². The number of ether oxygens (including phenoxy) is 1. The minimum atomic E-state index is -0.0419. The first kappa shape index (κ1) is 12.0. The Bertz CT molecular complexity index is 133. The third kappa shape index (κ3) is 4.94. The van der Waals surface area contributed by atoms with Crippen LogP contribution in [0.5, 0.6) is 0 Å². The summed E-state index contributed by atoms with van der Waals surface area (Å²) in [6.45, 7) is 4.23. The van der Waals surface area contributed by atoms with Gasteiger partial charge in [-0.15, -0.1) is 0 Å². The van der Waals surface area contributed by atoms with Crippen molar-refractivity contribution in [2.45, 2.75) is 38.2 Å². The second-order valence-electron chi connectivity index (χ2n) is 4.13. The van der Waals surface area contributed by atoms with E-state index in [0.29, 0.717) is 0 Å². The van der Waals surface area contributed by atoms with Gasteiger partial charge in [-0.25, -0.2) is 0 Å². The topological polar surface area (TPSA) is 32.7 Å². The predicted octanol–water partition coefficient (Wildman–Crippen LogP) is 1.26. The van der Waals surface area contributed by atoms with Gasteiger partial charge in [0.1, 0.15) is 0 Å². The van der Waals surface area contributed by atoms with E-state index in [1.807, 2.05) is 0 Å². The monoisotopic (exact) mass is 201 g/mol. The molecule has 0 aromatic heterocycles. The standard InChI is InChI=1S/C11H23NO2/c1-14-10-4-2-3-7-12-8-5-11(13)6-9-12/h11,13H,2-10H2,1H3. The highest BCUT2D eigenvalue weighted by molar-refractivity contribution is 4.70. The average Bonchev–Trinajstić information content (AvgIpc) is 2.21. The van der Waals surface area contributed by atoms with Gasteiger partial charge in [0, 0.05) is 26.8 Å². The molecule has 1 saturated heterocycles. The van der Waals surface area contributed by atoms with Gasteiger partial charge in [0.25, 0.3) is 0 Å². The molecule has 3 heteroatoms. The molecule has 14 heavy (non-hydrogen) atoms. The molecule has 1 rings (SSSR count). The van der Waals surface area contributed by atoms with Crippen LogP contribution in [0.1, 0.15) is 32.1 Å². The number of likely N-dealkylation sites (tertiary alicyclic amines) is 1. The van der Waals surface area contributed by atoms with Crippen molar-refractivity contribution in [3.05, 3.63) is 0 Å². The fourth-order valence-electron chi connectivity index (χ4n) is 1.90. The lowest BCUT2D eigenvalue weighted by Gasteiger charge is -2.29. The van der Waals surface area contributed by atoms with Gasteiger partial charge in [-0.2, -0.15) is 0 Å². The molecule has 84 valence electrons. The Labute approximate surface area is 87.1 Å². The van der Waals surface area contributed by atoms with Crippen LogP contribution < -0.4 is 0 Å². The summed E-state index contributed by atoms with van der Waals surface area (Å²) < 4.78 is 5.00. The number of hydrogen-bond acceptors (Lipinski definition) is 3. The van der Waals surface area contributed by atoms with Crippen molar-refractivity contribution in [1.82, 2.24) is 4.90 Å². The van der Waals surface area contributed by atoms with Crippen molar-refractivity contribution in [2.24, 2.45) is 0 Å². The molecule has 1 aliphatic heterocycles. The highest BCUT2D eigenvalue weighted by Crippen LogP contribution is 2.10. The van der Waals surface area contributed by atoms with Crippen molar-refractivity contribution in [2.75, 3.05) is 33.4 Å². The highest BCUT2D eigenvalue weighted by atomic mass is 16.5. The number of methoxy groups -OCH3 is 1. The van der Waals surface area contributed by atoms with Crippen LogP contribution in [0.25, 0.3) is 0 Å². The van der Waals surface area contributed by atoms with E-state index in [0.717, 1.165) is 32.5 Å². The maximum atomic E-state index is 9.33. The molecule has 1 fully saturated rings. The summed E-state index contributed by atoms with van der Waals surface area (Å²) >= 11 is 0. The maximum absolute atomic E-state index is 9.33. The van der Waals surface area contributed by atoms with Crippen LogP contribution in [0.2, 0.25) is 0 Å². The number of piperidine rings is 1. The van der Waals surface area contributed by atoms with Gasteiger partial charge < -0.3 is 14.7 Å². The predicted molar refractivity (Wildman–Crippen MR) is 57.4 cm³/mol. The zero-order valence-corrected chi connectivity index (χ0v) is 9.24. The third-order valence-electron chi connectivity index (χ3n) is 2.88. The minimum Gasteiger partial charge on any atom is -0.393 e. The fraction of sp³-hybridized carbons (Fsp3) is 1.00. The van der Waals surface area contributed by atoms with Crippen molar-refractivity contribution in [3.8, 4) is 0 Å². The largest absolute Gasteiger partial charge is 0.393 e. The molecular weight excluding hydrogens is 178 g/mol. The van der Waals surface area contributed by atoms with E-state index in [1.165, 1.54) is 25.8 Å². The Hall–Kier alpha value is -0.120. The zero-order chi connectivity index (χ0) is 10.2. The summed E-state index contributed by atoms with van der Waals surface area (Å²) in [5, 5.41) is 9.33. The lowest BCUT2D eigenvalue weighted by Crippen LogP contribution is -2.36. The molecule has 0 saturated carbocycles. The molecule has 0 unspecified atom stereocenters. The Balaban J connectivity index is 1.91. The van der Waals surface area contributed by atoms with Crippen LogP contribution in [0.4, 0.5) is 0 Å². The molecule has 3 nitrogen and oxygen atoms in total. The van der Waals surface area contributed by atoms with Crippen LogP contribution in [-0.4, -0.2) is 49.5 Å². The first-order valence-corrected chi connectivity index (χ1v) is 5.72. The van der Waals surface area contributed by atoms with Crippen molar-refractivity contribution in [1.29, 1.82) is 0 Å². The smallest absolute Gasteiger partial charge is 0.0564 e. The third-order valence-corrected chi connectivity index (χ3v) is 2.88. The second-order valence-corrected chi connectivity index (χ2v) is 4.13. The number of hydrogen-bond donors (Lipinski definition) is 1. The minimum absolute atomic E-state index is 0.0419. The maximum Gasteiger partial charge on any atom is 0.0564 e. The molecule has 1 heterocycles. The number of nitrogens with zero attached hydrogens (tertiary/aromatic N) is 1. The van der Waals surface area contributed by atoms with Crippen molar-refractivity contribution >= 4 is 0 Å². The molecule has 1 aliphatic rings. The van der Waals surface area contributed by atoms with Crippen LogP contribution in [0.3, 0.4) is 0 Å². The summed E-state index contributed by atoms with van der Waals surface area (Å²) in [7, 11) is 1.76. The van der Waals surface area contributed by atoms with E-state index in [4.69, 9.17) is 4.74 Å². The summed E-state index contributed by atoms with van der Waals surface area (Å²) in [5.41, 5.74) is 0. The van der Waals surface area contributed by atoms with Crippen LogP contribution >= 0.6 is 0 Å². The Morgan fingerprint density at radius 3 is 2.57 bits per heavy atom. The van der Waals surface area contributed by atoms with Gasteiger partial charge in [-0.05, 0) is 38.6 Å². The zero-order valence-electron chi connectivity index (χ0n) is 9.24. The van der Waals surface area contributed by atoms with E-state index >= 15 is 0 Å². The van der Waals surface area contributed by atoms with E-state index < -0.39 is 0 Å². The summed E-state index contributed by atoms with van der Waals surface area (Å²) in [6.07, 6.45) is 5.56. The second kappa shape index (κ2) is 7.21. The quantitative estimate of drug-likeness (QED) is 0.657. The average molecular weight is 201 g/mol. The van der Waals surface area contributed by atoms with Crippen molar-refractivity contribution in [3.63, 3.8) is 0 Å². The van der Waals surface area contributed by atoms with Crippen LogP contribution in [0.15, 0.2) is 0 Å². The Morgan fingerprint density at radius 1 is 1.21 bits per heavy atom. The summed E-state index contributed by atoms with van der Waals surface area (Å²) in [4.78, 5) is 2.46. The summed E-state index contributed by atoms with van der Waals surface area (Å²) in [5.74, 6) is 0. The molecule has 0 aromatic rings. The Morgan fingerprint density at radius 2 is 1.93 bits per heavy atom. The van der Waals surface area contributed by atoms with Crippen molar-refractivity contribution < 1.29 is 9.84 Å². The summed E-state index contributed by atoms with van der Waals surface area (Å²) in [6, 6.07) is 0. The molecule has 0 aromatic carbocycles. The van der Waals surface area contributed by atoms with Crippen LogP contribution in [-0.2, 0) is 4.74 Å². The van der Waals surface area contributed by atoms with Gasteiger partial charge in [0.05, 0.1) is 6.10 Å². The molecule has 0 amide bonds. The molecule has 0 radical (unpaired) electrons. The molecule has 0 bridgehead atoms. The number of unbranched alkanes of at least 4 members (excludes halogenated alkanes) is 2. The Kier molecular flexibility index (Phi) is 6.15. The van der Waals surface area contributed by atoms with Crippen LogP contribution in [0, 0.1) is 0 Å². The van der Waals surface area contributed by atoms with Gasteiger partial charge >= 0.3 is 0 Å².